The molecular weight excluding hydrogens is 415 g/mol. The lowest BCUT2D eigenvalue weighted by molar-refractivity contribution is 0.157. The van der Waals surface area contributed by atoms with Crippen LogP contribution in [0.1, 0.15) is 19.0 Å². The smallest absolute Gasteiger partial charge is 0.194 e. The first-order chi connectivity index (χ1) is 11.3. The van der Waals surface area contributed by atoms with Crippen LogP contribution in [0.25, 0.3) is 10.9 Å². The number of nitrogens with zero attached hydrogens (tertiary/aromatic N) is 2. The van der Waals surface area contributed by atoms with Crippen LogP contribution < -0.4 is 5.32 Å². The predicted octanol–water partition coefficient (Wildman–Crippen LogP) is 3.22. The molecule has 0 radical (unpaired) electrons. The molecule has 3 rings (SSSR count). The summed E-state index contributed by atoms with van der Waals surface area (Å²) >= 11 is 0. The first-order valence-electron chi connectivity index (χ1n) is 8.39. The number of benzene rings is 1. The number of methoxy groups -OCH3 is 1. The highest BCUT2D eigenvalue weighted by atomic mass is 127. The lowest BCUT2D eigenvalue weighted by Crippen LogP contribution is -2.40. The highest BCUT2D eigenvalue weighted by Crippen LogP contribution is 2.18. The molecule has 2 heterocycles. The summed E-state index contributed by atoms with van der Waals surface area (Å²) in [6.07, 6.45) is 1.17. The Morgan fingerprint density at radius 2 is 2.25 bits per heavy atom. The number of halogens is 1. The van der Waals surface area contributed by atoms with E-state index in [0.29, 0.717) is 12.5 Å². The van der Waals surface area contributed by atoms with Gasteiger partial charge in [0.25, 0.3) is 0 Å². The number of likely N-dealkylation sites (tertiary alicyclic amines) is 1. The van der Waals surface area contributed by atoms with Gasteiger partial charge in [-0.3, -0.25) is 0 Å². The van der Waals surface area contributed by atoms with Crippen LogP contribution >= 0.6 is 24.0 Å². The van der Waals surface area contributed by atoms with Crippen molar-refractivity contribution in [3.8, 4) is 0 Å². The van der Waals surface area contributed by atoms with Crippen molar-refractivity contribution in [1.82, 2.24) is 15.2 Å². The molecule has 0 amide bonds. The second kappa shape index (κ2) is 9.27. The molecule has 1 aliphatic heterocycles. The Labute approximate surface area is 160 Å². The molecule has 0 bridgehead atoms. The number of rotatable bonds is 5. The normalized spacial score (nSPS) is 18.0. The van der Waals surface area contributed by atoms with Gasteiger partial charge in [-0.2, -0.15) is 0 Å². The van der Waals surface area contributed by atoms with Crippen molar-refractivity contribution in [2.45, 2.75) is 19.9 Å². The first-order valence-corrected chi connectivity index (χ1v) is 8.39. The van der Waals surface area contributed by atoms with E-state index in [1.165, 1.54) is 17.3 Å². The quantitative estimate of drug-likeness (QED) is 0.425. The average Bonchev–Trinajstić information content (AvgIpc) is 3.18. The van der Waals surface area contributed by atoms with Gasteiger partial charge in [-0.15, -0.1) is 24.0 Å². The predicted molar refractivity (Wildman–Crippen MR) is 110 cm³/mol. The molecule has 1 unspecified atom stereocenters. The first kappa shape index (κ1) is 19.1. The van der Waals surface area contributed by atoms with Gasteiger partial charge in [0.15, 0.2) is 5.96 Å². The van der Waals surface area contributed by atoms with Crippen LogP contribution in [0.2, 0.25) is 0 Å². The maximum absolute atomic E-state index is 5.28. The Kier molecular flexibility index (Phi) is 7.36. The van der Waals surface area contributed by atoms with Crippen molar-refractivity contribution >= 4 is 40.8 Å². The maximum atomic E-state index is 5.28. The van der Waals surface area contributed by atoms with Gasteiger partial charge in [0.1, 0.15) is 0 Å². The van der Waals surface area contributed by atoms with Gasteiger partial charge in [-0.05, 0) is 30.9 Å². The van der Waals surface area contributed by atoms with Gasteiger partial charge in [0, 0.05) is 43.9 Å². The fourth-order valence-electron chi connectivity index (χ4n) is 3.20. The number of hydrogen-bond donors (Lipinski definition) is 2. The summed E-state index contributed by atoms with van der Waals surface area (Å²) in [4.78, 5) is 10.6. The van der Waals surface area contributed by atoms with Gasteiger partial charge in [-0.1, -0.05) is 18.2 Å². The van der Waals surface area contributed by atoms with Crippen molar-refractivity contribution in [1.29, 1.82) is 0 Å². The number of fused-ring (bicyclic) bond motifs is 1. The Morgan fingerprint density at radius 1 is 1.42 bits per heavy atom. The number of aromatic amines is 1. The van der Waals surface area contributed by atoms with E-state index in [1.54, 1.807) is 7.11 Å². The van der Waals surface area contributed by atoms with E-state index in [4.69, 9.17) is 9.73 Å². The highest BCUT2D eigenvalue weighted by Gasteiger charge is 2.24. The summed E-state index contributed by atoms with van der Waals surface area (Å²) in [5.41, 5.74) is 2.32. The molecule has 0 saturated carbocycles. The van der Waals surface area contributed by atoms with Crippen molar-refractivity contribution in [3.63, 3.8) is 0 Å². The maximum Gasteiger partial charge on any atom is 0.194 e. The molecule has 2 aromatic rings. The Balaban J connectivity index is 0.00000208. The monoisotopic (exact) mass is 442 g/mol. The Bertz CT molecular complexity index is 637. The van der Waals surface area contributed by atoms with Gasteiger partial charge in [-0.25, -0.2) is 4.99 Å². The molecule has 132 valence electrons. The highest BCUT2D eigenvalue weighted by molar-refractivity contribution is 14.0. The number of aromatic nitrogens is 1. The van der Waals surface area contributed by atoms with Crippen LogP contribution in [0.4, 0.5) is 0 Å². The zero-order valence-electron chi connectivity index (χ0n) is 14.4. The van der Waals surface area contributed by atoms with E-state index < -0.39 is 0 Å². The molecular formula is C18H27IN4O. The fraction of sp³-hybridized carbons (Fsp3) is 0.500. The van der Waals surface area contributed by atoms with Gasteiger partial charge >= 0.3 is 0 Å². The minimum absolute atomic E-state index is 0. The van der Waals surface area contributed by atoms with Gasteiger partial charge in [0.2, 0.25) is 0 Å². The van der Waals surface area contributed by atoms with E-state index in [1.807, 2.05) is 0 Å². The molecule has 1 saturated heterocycles. The summed E-state index contributed by atoms with van der Waals surface area (Å²) in [6.45, 7) is 6.57. The lowest BCUT2D eigenvalue weighted by atomic mass is 10.1. The molecule has 1 fully saturated rings. The molecule has 24 heavy (non-hydrogen) atoms. The van der Waals surface area contributed by atoms with Crippen molar-refractivity contribution in [2.75, 3.05) is 33.4 Å². The minimum Gasteiger partial charge on any atom is -0.384 e. The third-order valence-corrected chi connectivity index (χ3v) is 4.31. The summed E-state index contributed by atoms with van der Waals surface area (Å²) < 4.78 is 5.28. The summed E-state index contributed by atoms with van der Waals surface area (Å²) in [6, 6.07) is 10.5. The third kappa shape index (κ3) is 4.63. The van der Waals surface area contributed by atoms with E-state index in [2.05, 4.69) is 52.5 Å². The van der Waals surface area contributed by atoms with Crippen LogP contribution in [0.15, 0.2) is 35.3 Å². The van der Waals surface area contributed by atoms with E-state index in [9.17, 15) is 0 Å². The number of para-hydroxylation sites is 1. The van der Waals surface area contributed by atoms with E-state index in [-0.39, 0.29) is 24.0 Å². The van der Waals surface area contributed by atoms with Crippen molar-refractivity contribution in [3.05, 3.63) is 36.0 Å². The average molecular weight is 442 g/mol. The van der Waals surface area contributed by atoms with Crippen LogP contribution in [0, 0.1) is 5.92 Å². The topological polar surface area (TPSA) is 52.7 Å². The van der Waals surface area contributed by atoms with Crippen LogP contribution in [-0.4, -0.2) is 49.2 Å². The molecule has 0 aliphatic carbocycles. The summed E-state index contributed by atoms with van der Waals surface area (Å²) in [5, 5.41) is 4.65. The van der Waals surface area contributed by atoms with Crippen LogP contribution in [-0.2, 0) is 11.3 Å². The van der Waals surface area contributed by atoms with Crippen LogP contribution in [0.3, 0.4) is 0 Å². The molecule has 1 aromatic carbocycles. The van der Waals surface area contributed by atoms with Crippen molar-refractivity contribution in [2.24, 2.45) is 10.9 Å². The molecule has 1 aliphatic rings. The summed E-state index contributed by atoms with van der Waals surface area (Å²) in [7, 11) is 1.78. The summed E-state index contributed by atoms with van der Waals surface area (Å²) in [5.74, 6) is 1.61. The molecule has 1 aromatic heterocycles. The molecule has 0 spiro atoms. The zero-order valence-corrected chi connectivity index (χ0v) is 16.7. The number of H-pyrrole nitrogens is 1. The van der Waals surface area contributed by atoms with Crippen molar-refractivity contribution < 1.29 is 4.74 Å². The number of hydrogen-bond acceptors (Lipinski definition) is 2. The van der Waals surface area contributed by atoms with E-state index >= 15 is 0 Å². The Hall–Kier alpha value is -1.28. The van der Waals surface area contributed by atoms with Crippen LogP contribution in [0.5, 0.6) is 0 Å². The standard InChI is InChI=1S/C18H26N4O.HI/c1-3-19-18(22-9-8-14(12-22)13-23-2)20-11-16-10-15-6-4-5-7-17(15)21-16;/h4-7,10,14,21H,3,8-9,11-13H2,1-2H3,(H,19,20);1H. The van der Waals surface area contributed by atoms with E-state index in [0.717, 1.165) is 37.9 Å². The second-order valence-electron chi connectivity index (χ2n) is 6.11. The number of guanidine groups is 1. The largest absolute Gasteiger partial charge is 0.384 e. The number of nitrogens with one attached hydrogen (secondary N) is 2. The molecule has 1 atom stereocenters. The third-order valence-electron chi connectivity index (χ3n) is 4.31. The van der Waals surface area contributed by atoms with Gasteiger partial charge in [0.05, 0.1) is 13.2 Å². The second-order valence-corrected chi connectivity index (χ2v) is 6.11. The van der Waals surface area contributed by atoms with Gasteiger partial charge < -0.3 is 19.9 Å². The molecule has 6 heteroatoms. The fourth-order valence-corrected chi connectivity index (χ4v) is 3.20. The Morgan fingerprint density at radius 3 is 3.00 bits per heavy atom. The molecule has 2 N–H and O–H groups in total. The number of aliphatic imine (C=N–C) groups is 1. The lowest BCUT2D eigenvalue weighted by Gasteiger charge is -2.21. The zero-order chi connectivity index (χ0) is 16.1. The minimum atomic E-state index is 0. The SMILES string of the molecule is CCNC(=NCc1cc2ccccc2[nH]1)N1CCC(COC)C1.I. The number of ether oxygens (including phenoxy) is 1. The molecule has 5 nitrogen and oxygen atoms in total.